The van der Waals surface area contributed by atoms with Gasteiger partial charge < -0.3 is 9.31 Å². The zero-order chi connectivity index (χ0) is 15.3. The van der Waals surface area contributed by atoms with Crippen LogP contribution in [0.15, 0.2) is 17.8 Å². The van der Waals surface area contributed by atoms with Gasteiger partial charge in [0.1, 0.15) is 5.82 Å². The molecule has 7 heteroatoms. The van der Waals surface area contributed by atoms with Gasteiger partial charge in [0.2, 0.25) is 0 Å². The molecule has 0 unspecified atom stereocenters. The van der Waals surface area contributed by atoms with Crippen molar-refractivity contribution in [3.63, 3.8) is 0 Å². The van der Waals surface area contributed by atoms with Crippen molar-refractivity contribution in [3.05, 3.63) is 23.6 Å². The summed E-state index contributed by atoms with van der Waals surface area (Å²) < 4.78 is 12.1. The van der Waals surface area contributed by atoms with Gasteiger partial charge in [-0.2, -0.15) is 0 Å². The van der Waals surface area contributed by atoms with Crippen LogP contribution < -0.4 is 5.59 Å². The molecule has 2 aromatic rings. The molecule has 0 atom stereocenters. The van der Waals surface area contributed by atoms with Gasteiger partial charge in [0, 0.05) is 6.20 Å². The maximum Gasteiger partial charge on any atom is 0.514 e. The predicted molar refractivity (Wildman–Crippen MR) is 83.6 cm³/mol. The fourth-order valence-electron chi connectivity index (χ4n) is 2.14. The highest BCUT2D eigenvalue weighted by atomic mass is 32.1. The number of hydrogen-bond donors (Lipinski definition) is 0. The van der Waals surface area contributed by atoms with Crippen LogP contribution in [0.25, 0.3) is 10.6 Å². The van der Waals surface area contributed by atoms with E-state index >= 15 is 0 Å². The summed E-state index contributed by atoms with van der Waals surface area (Å²) in [5, 5.41) is 0. The molecule has 2 aromatic heterocycles. The number of aromatic nitrogens is 3. The second-order valence-electron chi connectivity index (χ2n) is 6.18. The van der Waals surface area contributed by atoms with Crippen molar-refractivity contribution in [2.24, 2.45) is 0 Å². The van der Waals surface area contributed by atoms with Crippen LogP contribution in [0.5, 0.6) is 0 Å². The predicted octanol–water partition coefficient (Wildman–Crippen LogP) is 2.21. The van der Waals surface area contributed by atoms with Crippen LogP contribution in [0.3, 0.4) is 0 Å². The lowest BCUT2D eigenvalue weighted by atomic mass is 9.84. The van der Waals surface area contributed by atoms with E-state index in [-0.39, 0.29) is 11.2 Å². The van der Waals surface area contributed by atoms with E-state index < -0.39 is 7.12 Å². The van der Waals surface area contributed by atoms with Gasteiger partial charge in [0.05, 0.1) is 32.9 Å². The normalized spacial score (nSPS) is 20.0. The maximum atomic E-state index is 6.05. The monoisotopic (exact) mass is 303 g/mol. The first-order valence-corrected chi connectivity index (χ1v) is 7.76. The molecular weight excluding hydrogens is 285 g/mol. The van der Waals surface area contributed by atoms with Crippen molar-refractivity contribution >= 4 is 24.0 Å². The van der Waals surface area contributed by atoms with E-state index in [1.165, 1.54) is 0 Å². The number of thiazole rings is 1. The molecule has 0 saturated carbocycles. The second-order valence-corrected chi connectivity index (χ2v) is 7.07. The smallest absolute Gasteiger partial charge is 0.398 e. The first-order chi connectivity index (χ1) is 9.78. The van der Waals surface area contributed by atoms with Gasteiger partial charge in [-0.05, 0) is 40.7 Å². The lowest BCUT2D eigenvalue weighted by molar-refractivity contribution is 0.00578. The van der Waals surface area contributed by atoms with Gasteiger partial charge >= 0.3 is 7.12 Å². The Morgan fingerprint density at radius 2 is 1.76 bits per heavy atom. The molecule has 0 spiro atoms. The largest absolute Gasteiger partial charge is 0.514 e. The van der Waals surface area contributed by atoms with Crippen LogP contribution in [0.1, 0.15) is 33.5 Å². The zero-order valence-corrected chi connectivity index (χ0v) is 13.7. The standard InChI is InChI=1S/C14H18BN3O2S/c1-9-17-10(11-7-16-8-21-11)6-12(18-9)15-19-13(2,3)14(4,5)20-15/h6-8H,1-5H3. The minimum atomic E-state index is -0.469. The molecule has 0 amide bonds. The van der Waals surface area contributed by atoms with Crippen molar-refractivity contribution in [2.45, 2.75) is 45.8 Å². The number of aryl methyl sites for hydroxylation is 1. The van der Waals surface area contributed by atoms with Crippen LogP contribution in [-0.2, 0) is 9.31 Å². The highest BCUT2D eigenvalue weighted by molar-refractivity contribution is 7.13. The lowest BCUT2D eigenvalue weighted by Gasteiger charge is -2.32. The van der Waals surface area contributed by atoms with Crippen molar-refractivity contribution in [1.82, 2.24) is 15.0 Å². The van der Waals surface area contributed by atoms with Crippen molar-refractivity contribution in [2.75, 3.05) is 0 Å². The first-order valence-electron chi connectivity index (χ1n) is 6.89. The minimum Gasteiger partial charge on any atom is -0.398 e. The Hall–Kier alpha value is -1.31. The molecule has 0 aliphatic carbocycles. The molecule has 21 heavy (non-hydrogen) atoms. The maximum absolute atomic E-state index is 6.05. The Balaban J connectivity index is 1.97. The fourth-order valence-corrected chi connectivity index (χ4v) is 2.73. The molecule has 1 saturated heterocycles. The second kappa shape index (κ2) is 4.86. The van der Waals surface area contributed by atoms with Gasteiger partial charge in [-0.1, -0.05) is 0 Å². The third kappa shape index (κ3) is 2.61. The zero-order valence-electron chi connectivity index (χ0n) is 12.9. The molecule has 0 N–H and O–H groups in total. The van der Waals surface area contributed by atoms with E-state index in [1.807, 2.05) is 40.7 Å². The molecule has 5 nitrogen and oxygen atoms in total. The Bertz CT molecular complexity index is 642. The van der Waals surface area contributed by atoms with Crippen LogP contribution in [0.4, 0.5) is 0 Å². The van der Waals surface area contributed by atoms with E-state index in [9.17, 15) is 0 Å². The lowest BCUT2D eigenvalue weighted by Crippen LogP contribution is -2.41. The summed E-state index contributed by atoms with van der Waals surface area (Å²) in [6.07, 6.45) is 1.81. The molecule has 1 aliphatic rings. The van der Waals surface area contributed by atoms with Gasteiger partial charge in [0.25, 0.3) is 0 Å². The summed E-state index contributed by atoms with van der Waals surface area (Å²) in [4.78, 5) is 14.1. The summed E-state index contributed by atoms with van der Waals surface area (Å²) in [7, 11) is -0.469. The summed E-state index contributed by atoms with van der Waals surface area (Å²) in [6.45, 7) is 10.0. The molecule has 0 bridgehead atoms. The topological polar surface area (TPSA) is 57.1 Å². The van der Waals surface area contributed by atoms with E-state index in [0.717, 1.165) is 16.2 Å². The van der Waals surface area contributed by atoms with E-state index in [0.29, 0.717) is 5.82 Å². The molecular formula is C14H18BN3O2S. The number of rotatable bonds is 2. The van der Waals surface area contributed by atoms with Crippen molar-refractivity contribution in [3.8, 4) is 10.6 Å². The summed E-state index contributed by atoms with van der Waals surface area (Å²) >= 11 is 1.55. The summed E-state index contributed by atoms with van der Waals surface area (Å²) in [5.41, 5.74) is 2.66. The van der Waals surface area contributed by atoms with E-state index in [2.05, 4.69) is 15.0 Å². The summed E-state index contributed by atoms with van der Waals surface area (Å²) in [5.74, 6) is 0.700. The molecule has 1 fully saturated rings. The van der Waals surface area contributed by atoms with Gasteiger partial charge in [-0.25, -0.2) is 9.97 Å². The average Bonchev–Trinajstić information content (AvgIpc) is 2.96. The van der Waals surface area contributed by atoms with Crippen molar-refractivity contribution < 1.29 is 9.31 Å². The third-order valence-electron chi connectivity index (χ3n) is 4.04. The highest BCUT2D eigenvalue weighted by Gasteiger charge is 2.52. The summed E-state index contributed by atoms with van der Waals surface area (Å²) in [6, 6.07) is 1.92. The number of nitrogens with zero attached hydrogens (tertiary/aromatic N) is 3. The fraction of sp³-hybridized carbons (Fsp3) is 0.500. The van der Waals surface area contributed by atoms with Gasteiger partial charge in [-0.3, -0.25) is 4.98 Å². The molecule has 0 aromatic carbocycles. The molecule has 110 valence electrons. The minimum absolute atomic E-state index is 0.374. The van der Waals surface area contributed by atoms with Crippen LogP contribution in [0, 0.1) is 6.92 Å². The SMILES string of the molecule is Cc1nc(B2OC(C)(C)C(C)(C)O2)cc(-c2cncs2)n1. The Morgan fingerprint density at radius 1 is 1.10 bits per heavy atom. The number of hydrogen-bond acceptors (Lipinski definition) is 6. The van der Waals surface area contributed by atoms with E-state index in [1.54, 1.807) is 23.0 Å². The third-order valence-corrected chi connectivity index (χ3v) is 4.83. The molecule has 3 rings (SSSR count). The molecule has 0 radical (unpaired) electrons. The molecule has 1 aliphatic heterocycles. The highest BCUT2D eigenvalue weighted by Crippen LogP contribution is 2.36. The van der Waals surface area contributed by atoms with Crippen LogP contribution in [-0.4, -0.2) is 33.3 Å². The van der Waals surface area contributed by atoms with Gasteiger partial charge in [0.15, 0.2) is 0 Å². The first kappa shape index (κ1) is 14.6. The molecule has 3 heterocycles. The Kier molecular flexibility index (Phi) is 3.39. The van der Waals surface area contributed by atoms with Crippen molar-refractivity contribution in [1.29, 1.82) is 0 Å². The average molecular weight is 303 g/mol. The Labute approximate surface area is 128 Å². The van der Waals surface area contributed by atoms with E-state index in [4.69, 9.17) is 9.31 Å². The van der Waals surface area contributed by atoms with Crippen LogP contribution in [0.2, 0.25) is 0 Å². The van der Waals surface area contributed by atoms with Crippen LogP contribution >= 0.6 is 11.3 Å². The quantitative estimate of drug-likeness (QED) is 0.796. The Morgan fingerprint density at radius 3 is 2.33 bits per heavy atom. The van der Waals surface area contributed by atoms with Gasteiger partial charge in [-0.15, -0.1) is 11.3 Å².